The standard InChI is InChI=1S/C11H13BrN2O/c1-8(6-13)14-7-9-3-4-11(15-2)10(12)5-9/h3-5,8,14H,7H2,1-2H3. The molecule has 0 saturated heterocycles. The molecule has 80 valence electrons. The minimum Gasteiger partial charge on any atom is -0.496 e. The third kappa shape index (κ3) is 3.54. The van der Waals surface area contributed by atoms with Crippen LogP contribution in [0.1, 0.15) is 12.5 Å². The minimum absolute atomic E-state index is 0.133. The van der Waals surface area contributed by atoms with Crippen LogP contribution in [0.5, 0.6) is 5.75 Å². The van der Waals surface area contributed by atoms with E-state index in [1.54, 1.807) is 7.11 Å². The Bertz CT molecular complexity index is 373. The van der Waals surface area contributed by atoms with Gasteiger partial charge in [-0.05, 0) is 40.5 Å². The number of hydrogen-bond donors (Lipinski definition) is 1. The monoisotopic (exact) mass is 268 g/mol. The van der Waals surface area contributed by atoms with E-state index in [0.717, 1.165) is 15.8 Å². The highest BCUT2D eigenvalue weighted by atomic mass is 79.9. The second-order valence-electron chi connectivity index (χ2n) is 3.20. The van der Waals surface area contributed by atoms with Crippen molar-refractivity contribution in [3.63, 3.8) is 0 Å². The van der Waals surface area contributed by atoms with Crippen LogP contribution in [0.4, 0.5) is 0 Å². The van der Waals surface area contributed by atoms with Gasteiger partial charge >= 0.3 is 0 Å². The average molecular weight is 269 g/mol. The van der Waals surface area contributed by atoms with Crippen molar-refractivity contribution in [1.82, 2.24) is 5.32 Å². The highest BCUT2D eigenvalue weighted by Crippen LogP contribution is 2.25. The molecule has 0 spiro atoms. The molecule has 1 rings (SSSR count). The highest BCUT2D eigenvalue weighted by molar-refractivity contribution is 9.10. The summed E-state index contributed by atoms with van der Waals surface area (Å²) in [5.41, 5.74) is 1.12. The van der Waals surface area contributed by atoms with E-state index in [1.807, 2.05) is 25.1 Å². The van der Waals surface area contributed by atoms with Gasteiger partial charge in [-0.3, -0.25) is 5.32 Å². The first-order valence-corrected chi connectivity index (χ1v) is 5.42. The number of nitrogens with zero attached hydrogens (tertiary/aromatic N) is 1. The maximum atomic E-state index is 8.61. The lowest BCUT2D eigenvalue weighted by atomic mass is 10.2. The normalized spacial score (nSPS) is 11.9. The minimum atomic E-state index is -0.133. The van der Waals surface area contributed by atoms with Crippen LogP contribution in [-0.2, 0) is 6.54 Å². The van der Waals surface area contributed by atoms with Gasteiger partial charge < -0.3 is 4.74 Å². The van der Waals surface area contributed by atoms with Crippen molar-refractivity contribution >= 4 is 15.9 Å². The molecule has 15 heavy (non-hydrogen) atoms. The Morgan fingerprint density at radius 1 is 1.60 bits per heavy atom. The van der Waals surface area contributed by atoms with Crippen LogP contribution in [0.15, 0.2) is 22.7 Å². The summed E-state index contributed by atoms with van der Waals surface area (Å²) in [7, 11) is 1.63. The molecular formula is C11H13BrN2O. The van der Waals surface area contributed by atoms with Gasteiger partial charge in [0.15, 0.2) is 0 Å². The van der Waals surface area contributed by atoms with E-state index in [9.17, 15) is 0 Å². The summed E-state index contributed by atoms with van der Waals surface area (Å²) in [6.45, 7) is 2.51. The summed E-state index contributed by atoms with van der Waals surface area (Å²) in [4.78, 5) is 0. The number of ether oxygens (including phenoxy) is 1. The van der Waals surface area contributed by atoms with Crippen molar-refractivity contribution in [3.05, 3.63) is 28.2 Å². The summed E-state index contributed by atoms with van der Waals surface area (Å²) in [6, 6.07) is 7.85. The Kier molecular flexibility index (Phi) is 4.60. The van der Waals surface area contributed by atoms with E-state index in [4.69, 9.17) is 10.00 Å². The van der Waals surface area contributed by atoms with E-state index in [0.29, 0.717) is 6.54 Å². The van der Waals surface area contributed by atoms with E-state index < -0.39 is 0 Å². The van der Waals surface area contributed by atoms with Crippen molar-refractivity contribution in [2.75, 3.05) is 7.11 Å². The van der Waals surface area contributed by atoms with Crippen molar-refractivity contribution in [1.29, 1.82) is 5.26 Å². The van der Waals surface area contributed by atoms with Crippen LogP contribution in [0, 0.1) is 11.3 Å². The lowest BCUT2D eigenvalue weighted by Gasteiger charge is -2.08. The zero-order valence-electron chi connectivity index (χ0n) is 8.75. The highest BCUT2D eigenvalue weighted by Gasteiger charge is 2.02. The van der Waals surface area contributed by atoms with Gasteiger partial charge in [0.05, 0.1) is 23.7 Å². The molecule has 0 fully saturated rings. The Hall–Kier alpha value is -1.05. The molecule has 0 aliphatic heterocycles. The molecule has 3 nitrogen and oxygen atoms in total. The van der Waals surface area contributed by atoms with Crippen LogP contribution in [-0.4, -0.2) is 13.2 Å². The van der Waals surface area contributed by atoms with Crippen molar-refractivity contribution < 1.29 is 4.74 Å². The second-order valence-corrected chi connectivity index (χ2v) is 4.05. The maximum Gasteiger partial charge on any atom is 0.133 e. The topological polar surface area (TPSA) is 45.0 Å². The summed E-state index contributed by atoms with van der Waals surface area (Å²) in [5.74, 6) is 0.812. The van der Waals surface area contributed by atoms with Crippen molar-refractivity contribution in [2.24, 2.45) is 0 Å². The molecular weight excluding hydrogens is 256 g/mol. The molecule has 1 N–H and O–H groups in total. The predicted octanol–water partition coefficient (Wildman–Crippen LogP) is 2.46. The van der Waals surface area contributed by atoms with Gasteiger partial charge in [-0.15, -0.1) is 0 Å². The Balaban J connectivity index is 2.64. The molecule has 1 aromatic carbocycles. The first kappa shape index (κ1) is 12.0. The SMILES string of the molecule is COc1ccc(CNC(C)C#N)cc1Br. The first-order valence-electron chi connectivity index (χ1n) is 4.62. The van der Waals surface area contributed by atoms with Crippen LogP contribution >= 0.6 is 15.9 Å². The van der Waals surface area contributed by atoms with Crippen LogP contribution < -0.4 is 10.1 Å². The number of nitriles is 1. The number of methoxy groups -OCH3 is 1. The molecule has 0 bridgehead atoms. The molecule has 0 aliphatic rings. The first-order chi connectivity index (χ1) is 7.17. The van der Waals surface area contributed by atoms with Gasteiger partial charge in [-0.1, -0.05) is 6.07 Å². The van der Waals surface area contributed by atoms with Crippen molar-refractivity contribution in [2.45, 2.75) is 19.5 Å². The van der Waals surface area contributed by atoms with Crippen molar-refractivity contribution in [3.8, 4) is 11.8 Å². The summed E-state index contributed by atoms with van der Waals surface area (Å²) in [5, 5.41) is 11.7. The maximum absolute atomic E-state index is 8.61. The zero-order chi connectivity index (χ0) is 11.3. The Morgan fingerprint density at radius 2 is 2.33 bits per heavy atom. The van der Waals surface area contributed by atoms with Gasteiger partial charge in [0.1, 0.15) is 5.75 Å². The quantitative estimate of drug-likeness (QED) is 0.913. The molecule has 1 aromatic rings. The number of benzene rings is 1. The van der Waals surface area contributed by atoms with Gasteiger partial charge in [-0.25, -0.2) is 0 Å². The Labute approximate surface area is 98.2 Å². The summed E-state index contributed by atoms with van der Waals surface area (Å²) in [6.07, 6.45) is 0. The number of rotatable bonds is 4. The molecule has 0 heterocycles. The lowest BCUT2D eigenvalue weighted by molar-refractivity contribution is 0.412. The van der Waals surface area contributed by atoms with E-state index >= 15 is 0 Å². The second kappa shape index (κ2) is 5.74. The number of hydrogen-bond acceptors (Lipinski definition) is 3. The van der Waals surface area contributed by atoms with Crippen LogP contribution in [0.25, 0.3) is 0 Å². The molecule has 0 aliphatic carbocycles. The molecule has 1 atom stereocenters. The molecule has 1 unspecified atom stereocenters. The number of nitrogens with one attached hydrogen (secondary N) is 1. The summed E-state index contributed by atoms with van der Waals surface area (Å²) < 4.78 is 6.05. The largest absolute Gasteiger partial charge is 0.496 e. The smallest absolute Gasteiger partial charge is 0.133 e. The fourth-order valence-electron chi connectivity index (χ4n) is 1.14. The van der Waals surface area contributed by atoms with Gasteiger partial charge in [-0.2, -0.15) is 5.26 Å². The lowest BCUT2D eigenvalue weighted by Crippen LogP contribution is -2.23. The van der Waals surface area contributed by atoms with E-state index in [2.05, 4.69) is 27.3 Å². The number of halogens is 1. The molecule has 0 radical (unpaired) electrons. The van der Waals surface area contributed by atoms with Gasteiger partial charge in [0, 0.05) is 6.54 Å². The fourth-order valence-corrected chi connectivity index (χ4v) is 1.72. The predicted molar refractivity (Wildman–Crippen MR) is 62.6 cm³/mol. The van der Waals surface area contributed by atoms with E-state index in [-0.39, 0.29) is 6.04 Å². The van der Waals surface area contributed by atoms with Crippen LogP contribution in [0.3, 0.4) is 0 Å². The summed E-state index contributed by atoms with van der Waals surface area (Å²) >= 11 is 3.41. The van der Waals surface area contributed by atoms with E-state index in [1.165, 1.54) is 0 Å². The fraction of sp³-hybridized carbons (Fsp3) is 0.364. The average Bonchev–Trinajstić information content (AvgIpc) is 2.26. The van der Waals surface area contributed by atoms with Crippen LogP contribution in [0.2, 0.25) is 0 Å². The third-order valence-corrected chi connectivity index (χ3v) is 2.64. The van der Waals surface area contributed by atoms with Gasteiger partial charge in [0.25, 0.3) is 0 Å². The van der Waals surface area contributed by atoms with Gasteiger partial charge in [0.2, 0.25) is 0 Å². The molecule has 0 saturated carbocycles. The molecule has 0 amide bonds. The third-order valence-electron chi connectivity index (χ3n) is 2.02. The zero-order valence-corrected chi connectivity index (χ0v) is 10.3. The Morgan fingerprint density at radius 3 is 2.87 bits per heavy atom. The molecule has 4 heteroatoms. The molecule has 0 aromatic heterocycles.